The van der Waals surface area contributed by atoms with Crippen molar-refractivity contribution in [1.29, 1.82) is 0 Å². The second-order valence-electron chi connectivity index (χ2n) is 4.79. The lowest BCUT2D eigenvalue weighted by molar-refractivity contribution is 0.0342. The lowest BCUT2D eigenvalue weighted by Crippen LogP contribution is -2.56. The third-order valence-electron chi connectivity index (χ3n) is 3.90. The van der Waals surface area contributed by atoms with Crippen LogP contribution in [0.4, 0.5) is 0 Å². The number of nitrogens with zero attached hydrogens (tertiary/aromatic N) is 2. The maximum absolute atomic E-state index is 5.64. The maximum Gasteiger partial charge on any atom is 0.0232 e. The van der Waals surface area contributed by atoms with E-state index in [2.05, 4.69) is 16.8 Å². The molecule has 0 spiro atoms. The van der Waals surface area contributed by atoms with E-state index >= 15 is 0 Å². The normalized spacial score (nSPS) is 31.7. The first-order chi connectivity index (χ1) is 6.81. The second kappa shape index (κ2) is 4.60. The van der Waals surface area contributed by atoms with Gasteiger partial charge in [-0.25, -0.2) is 0 Å². The maximum atomic E-state index is 5.64. The summed E-state index contributed by atoms with van der Waals surface area (Å²) >= 11 is 0. The van der Waals surface area contributed by atoms with Gasteiger partial charge in [0, 0.05) is 31.7 Å². The molecule has 14 heavy (non-hydrogen) atoms. The van der Waals surface area contributed by atoms with Crippen molar-refractivity contribution in [1.82, 2.24) is 9.80 Å². The molecule has 2 N–H and O–H groups in total. The van der Waals surface area contributed by atoms with Gasteiger partial charge in [0.15, 0.2) is 0 Å². The predicted molar refractivity (Wildman–Crippen MR) is 59.3 cm³/mol. The molecular weight excluding hydrogens is 174 g/mol. The molecule has 0 aromatic carbocycles. The fourth-order valence-corrected chi connectivity index (χ4v) is 2.56. The summed E-state index contributed by atoms with van der Waals surface area (Å²) < 4.78 is 0. The number of hydrogen-bond acceptors (Lipinski definition) is 3. The minimum Gasteiger partial charge on any atom is -0.330 e. The third kappa shape index (κ3) is 2.10. The summed E-state index contributed by atoms with van der Waals surface area (Å²) in [4.78, 5) is 5.16. The first-order valence-electron chi connectivity index (χ1n) is 5.95. The third-order valence-corrected chi connectivity index (χ3v) is 3.90. The smallest absolute Gasteiger partial charge is 0.0232 e. The monoisotopic (exact) mass is 197 g/mol. The predicted octanol–water partition coefficient (Wildman–Crippen LogP) is 0.504. The van der Waals surface area contributed by atoms with Gasteiger partial charge in [-0.1, -0.05) is 6.42 Å². The van der Waals surface area contributed by atoms with Crippen LogP contribution in [0.2, 0.25) is 0 Å². The molecule has 0 aromatic rings. The summed E-state index contributed by atoms with van der Waals surface area (Å²) in [5.74, 6) is 0. The van der Waals surface area contributed by atoms with Crippen molar-refractivity contribution < 1.29 is 0 Å². The van der Waals surface area contributed by atoms with E-state index in [0.29, 0.717) is 6.04 Å². The summed E-state index contributed by atoms with van der Waals surface area (Å²) in [6.07, 6.45) is 5.45. The van der Waals surface area contributed by atoms with Gasteiger partial charge in [-0.2, -0.15) is 0 Å². The molecule has 2 rings (SSSR count). The molecule has 2 fully saturated rings. The molecule has 0 amide bonds. The summed E-state index contributed by atoms with van der Waals surface area (Å²) in [6, 6.07) is 1.61. The zero-order valence-electron chi connectivity index (χ0n) is 9.28. The Balaban J connectivity index is 1.84. The van der Waals surface area contributed by atoms with Gasteiger partial charge >= 0.3 is 0 Å². The topological polar surface area (TPSA) is 32.5 Å². The van der Waals surface area contributed by atoms with Gasteiger partial charge in [0.05, 0.1) is 0 Å². The Morgan fingerprint density at radius 3 is 2.64 bits per heavy atom. The van der Waals surface area contributed by atoms with Crippen LogP contribution in [-0.2, 0) is 0 Å². The number of piperazine rings is 1. The molecular formula is C11H23N3. The molecule has 1 aliphatic heterocycles. The fraction of sp³-hybridized carbons (Fsp3) is 1.00. The molecule has 3 heteroatoms. The van der Waals surface area contributed by atoms with E-state index in [1.807, 2.05) is 0 Å². The van der Waals surface area contributed by atoms with Crippen LogP contribution >= 0.6 is 0 Å². The van der Waals surface area contributed by atoms with Gasteiger partial charge in [0.2, 0.25) is 0 Å². The number of nitrogens with two attached hydrogens (primary N) is 1. The van der Waals surface area contributed by atoms with Crippen LogP contribution in [0.25, 0.3) is 0 Å². The highest BCUT2D eigenvalue weighted by molar-refractivity contribution is 4.87. The van der Waals surface area contributed by atoms with E-state index in [-0.39, 0.29) is 0 Å². The average molecular weight is 197 g/mol. The van der Waals surface area contributed by atoms with E-state index < -0.39 is 0 Å². The van der Waals surface area contributed by atoms with E-state index in [1.54, 1.807) is 0 Å². The van der Waals surface area contributed by atoms with Gasteiger partial charge in [0.25, 0.3) is 0 Å². The minimum atomic E-state index is 0.703. The molecule has 1 saturated heterocycles. The van der Waals surface area contributed by atoms with Crippen LogP contribution in [0, 0.1) is 0 Å². The first-order valence-corrected chi connectivity index (χ1v) is 5.95. The van der Waals surface area contributed by atoms with Crippen molar-refractivity contribution in [2.75, 3.05) is 33.2 Å². The van der Waals surface area contributed by atoms with E-state index in [1.165, 1.54) is 38.9 Å². The van der Waals surface area contributed by atoms with E-state index in [4.69, 9.17) is 5.73 Å². The minimum absolute atomic E-state index is 0.703. The lowest BCUT2D eigenvalue weighted by atomic mass is 9.90. The first kappa shape index (κ1) is 10.4. The zero-order valence-corrected chi connectivity index (χ0v) is 9.28. The van der Waals surface area contributed by atoms with Crippen molar-refractivity contribution in [3.8, 4) is 0 Å². The molecule has 1 unspecified atom stereocenters. The quantitative estimate of drug-likeness (QED) is 0.715. The largest absolute Gasteiger partial charge is 0.330 e. The molecule has 1 saturated carbocycles. The molecule has 3 nitrogen and oxygen atoms in total. The summed E-state index contributed by atoms with van der Waals surface area (Å²) in [7, 11) is 2.23. The Bertz CT molecular complexity index is 177. The van der Waals surface area contributed by atoms with Crippen LogP contribution in [0.5, 0.6) is 0 Å². The van der Waals surface area contributed by atoms with Crippen molar-refractivity contribution in [3.63, 3.8) is 0 Å². The van der Waals surface area contributed by atoms with Crippen LogP contribution in [-0.4, -0.2) is 55.1 Å². The number of likely N-dealkylation sites (N-methyl/N-ethyl adjacent to an activating group) is 1. The van der Waals surface area contributed by atoms with E-state index in [9.17, 15) is 0 Å². The van der Waals surface area contributed by atoms with Gasteiger partial charge in [0.1, 0.15) is 0 Å². The summed E-state index contributed by atoms with van der Waals surface area (Å²) in [5, 5.41) is 0. The summed E-state index contributed by atoms with van der Waals surface area (Å²) in [6.45, 7) is 4.56. The van der Waals surface area contributed by atoms with Crippen LogP contribution in [0.15, 0.2) is 0 Å². The van der Waals surface area contributed by atoms with Crippen LogP contribution < -0.4 is 5.73 Å². The highest BCUT2D eigenvalue weighted by Gasteiger charge is 2.31. The summed E-state index contributed by atoms with van der Waals surface area (Å²) in [5.41, 5.74) is 5.64. The molecule has 0 aromatic heterocycles. The van der Waals surface area contributed by atoms with Crippen molar-refractivity contribution in [2.24, 2.45) is 5.73 Å². The van der Waals surface area contributed by atoms with Gasteiger partial charge in [-0.3, -0.25) is 4.90 Å². The second-order valence-corrected chi connectivity index (χ2v) is 4.79. The Kier molecular flexibility index (Phi) is 3.42. The van der Waals surface area contributed by atoms with Gasteiger partial charge < -0.3 is 10.6 Å². The molecule has 0 radical (unpaired) electrons. The van der Waals surface area contributed by atoms with Gasteiger partial charge in [-0.15, -0.1) is 0 Å². The molecule has 1 aliphatic carbocycles. The fourth-order valence-electron chi connectivity index (χ4n) is 2.56. The zero-order chi connectivity index (χ0) is 9.97. The lowest BCUT2D eigenvalue weighted by Gasteiger charge is -2.46. The molecule has 0 bridgehead atoms. The van der Waals surface area contributed by atoms with Crippen molar-refractivity contribution >= 4 is 0 Å². The Morgan fingerprint density at radius 1 is 1.29 bits per heavy atom. The van der Waals surface area contributed by atoms with Crippen LogP contribution in [0.1, 0.15) is 25.7 Å². The number of rotatable bonds is 3. The molecule has 82 valence electrons. The molecule has 2 aliphatic rings. The van der Waals surface area contributed by atoms with Crippen LogP contribution in [0.3, 0.4) is 0 Å². The van der Waals surface area contributed by atoms with Crippen molar-refractivity contribution in [2.45, 2.75) is 37.8 Å². The highest BCUT2D eigenvalue weighted by Crippen LogP contribution is 2.26. The van der Waals surface area contributed by atoms with E-state index in [0.717, 1.165) is 19.0 Å². The van der Waals surface area contributed by atoms with Crippen molar-refractivity contribution in [3.05, 3.63) is 0 Å². The standard InChI is InChI=1S/C11H23N3/c1-13-7-8-14(10-3-2-4-10)9-11(13)5-6-12/h10-11H,2-9,12H2,1H3. The number of hydrogen-bond donors (Lipinski definition) is 1. The Hall–Kier alpha value is -0.120. The molecule has 1 heterocycles. The molecule has 1 atom stereocenters. The average Bonchev–Trinajstić information content (AvgIpc) is 2.08. The SMILES string of the molecule is CN1CCN(C2CCC2)CC1CCN. The Morgan fingerprint density at radius 2 is 2.07 bits per heavy atom. The highest BCUT2D eigenvalue weighted by atomic mass is 15.3. The van der Waals surface area contributed by atoms with Gasteiger partial charge in [-0.05, 0) is 32.9 Å². The Labute approximate surface area is 87.2 Å².